The predicted molar refractivity (Wildman–Crippen MR) is 129 cm³/mol. The van der Waals surface area contributed by atoms with Crippen molar-refractivity contribution >= 4 is 23.7 Å². The van der Waals surface area contributed by atoms with Gasteiger partial charge in [0, 0.05) is 23.2 Å². The number of amides is 2. The Balaban J connectivity index is 1.38. The number of fused-ring (bicyclic) bond motifs is 3. The topological polar surface area (TPSA) is 105 Å². The van der Waals surface area contributed by atoms with Crippen LogP contribution in [0.4, 0.5) is 10.5 Å². The molecule has 0 bridgehead atoms. The van der Waals surface area contributed by atoms with Gasteiger partial charge in [-0.1, -0.05) is 48.5 Å². The highest BCUT2D eigenvalue weighted by Gasteiger charge is 2.29. The Morgan fingerprint density at radius 3 is 2.18 bits per heavy atom. The molecule has 34 heavy (non-hydrogen) atoms. The standard InChI is InChI=1S/C27H26N2O5/c1-16-13-18(26(32)28-17(2)14-25(30)31)11-12-24(16)29-27(33)34-15-23-21-9-5-3-7-19(21)20-8-4-6-10-22(20)23/h3-13,17,23H,14-15H2,1-2H3,(H,28,32)(H,29,33)(H,30,31)/t17-/m0/s1. The summed E-state index contributed by atoms with van der Waals surface area (Å²) in [6.07, 6.45) is -0.733. The van der Waals surface area contributed by atoms with Crippen LogP contribution in [0.1, 0.15) is 46.3 Å². The number of carbonyl (C=O) groups excluding carboxylic acids is 2. The Bertz CT molecular complexity index is 1210. The fourth-order valence-electron chi connectivity index (χ4n) is 4.31. The molecule has 0 saturated carbocycles. The third-order valence-corrected chi connectivity index (χ3v) is 5.93. The highest BCUT2D eigenvalue weighted by atomic mass is 16.5. The van der Waals surface area contributed by atoms with E-state index in [1.807, 2.05) is 24.3 Å². The van der Waals surface area contributed by atoms with Gasteiger partial charge in [0.15, 0.2) is 0 Å². The van der Waals surface area contributed by atoms with Gasteiger partial charge >= 0.3 is 12.1 Å². The normalized spacial score (nSPS) is 12.9. The molecule has 2 amide bonds. The molecule has 0 aromatic heterocycles. The van der Waals surface area contributed by atoms with Crippen LogP contribution in [-0.2, 0) is 9.53 Å². The van der Waals surface area contributed by atoms with Crippen LogP contribution in [0.2, 0.25) is 0 Å². The van der Waals surface area contributed by atoms with Crippen molar-refractivity contribution < 1.29 is 24.2 Å². The predicted octanol–water partition coefficient (Wildman–Crippen LogP) is 4.95. The third kappa shape index (κ3) is 4.93. The highest BCUT2D eigenvalue weighted by Crippen LogP contribution is 2.44. The van der Waals surface area contributed by atoms with Crippen molar-refractivity contribution in [3.8, 4) is 11.1 Å². The lowest BCUT2D eigenvalue weighted by Gasteiger charge is -2.16. The molecule has 0 radical (unpaired) electrons. The molecule has 1 atom stereocenters. The first-order valence-corrected chi connectivity index (χ1v) is 11.1. The number of ether oxygens (including phenoxy) is 1. The summed E-state index contributed by atoms with van der Waals surface area (Å²) in [4.78, 5) is 35.7. The lowest BCUT2D eigenvalue weighted by Crippen LogP contribution is -2.34. The molecule has 7 nitrogen and oxygen atoms in total. The van der Waals surface area contributed by atoms with Crippen molar-refractivity contribution in [2.45, 2.75) is 32.2 Å². The van der Waals surface area contributed by atoms with Gasteiger partial charge in [0.25, 0.3) is 5.91 Å². The van der Waals surface area contributed by atoms with Gasteiger partial charge in [0.1, 0.15) is 6.61 Å². The van der Waals surface area contributed by atoms with Crippen molar-refractivity contribution in [2.24, 2.45) is 0 Å². The van der Waals surface area contributed by atoms with Crippen LogP contribution < -0.4 is 10.6 Å². The molecule has 1 aliphatic carbocycles. The van der Waals surface area contributed by atoms with Crippen LogP contribution in [-0.4, -0.2) is 35.7 Å². The zero-order chi connectivity index (χ0) is 24.2. The van der Waals surface area contributed by atoms with Gasteiger partial charge in [-0.2, -0.15) is 0 Å². The van der Waals surface area contributed by atoms with Gasteiger partial charge in [0.05, 0.1) is 6.42 Å². The monoisotopic (exact) mass is 458 g/mol. The Kier molecular flexibility index (Phi) is 6.63. The molecule has 3 N–H and O–H groups in total. The molecule has 174 valence electrons. The quantitative estimate of drug-likeness (QED) is 0.465. The molecular formula is C27H26N2O5. The van der Waals surface area contributed by atoms with Crippen LogP contribution in [0.25, 0.3) is 11.1 Å². The van der Waals surface area contributed by atoms with E-state index in [9.17, 15) is 14.4 Å². The molecule has 0 heterocycles. The van der Waals surface area contributed by atoms with E-state index in [-0.39, 0.29) is 24.9 Å². The van der Waals surface area contributed by atoms with E-state index >= 15 is 0 Å². The number of carboxylic acid groups (broad SMARTS) is 1. The molecule has 4 rings (SSSR count). The minimum absolute atomic E-state index is 0.0295. The molecule has 0 fully saturated rings. The van der Waals surface area contributed by atoms with E-state index in [2.05, 4.69) is 34.9 Å². The van der Waals surface area contributed by atoms with Crippen molar-refractivity contribution in [1.29, 1.82) is 0 Å². The number of aliphatic carboxylic acids is 1. The minimum Gasteiger partial charge on any atom is -0.481 e. The van der Waals surface area contributed by atoms with E-state index in [0.29, 0.717) is 16.8 Å². The zero-order valence-corrected chi connectivity index (χ0v) is 19.0. The second kappa shape index (κ2) is 9.79. The largest absolute Gasteiger partial charge is 0.481 e. The Morgan fingerprint density at radius 1 is 0.971 bits per heavy atom. The molecule has 0 saturated heterocycles. The molecule has 1 aliphatic rings. The fourth-order valence-corrected chi connectivity index (χ4v) is 4.31. The molecule has 0 aliphatic heterocycles. The van der Waals surface area contributed by atoms with Gasteiger partial charge in [-0.25, -0.2) is 4.79 Å². The summed E-state index contributed by atoms with van der Waals surface area (Å²) in [5.41, 5.74) is 6.21. The SMILES string of the molecule is Cc1cc(C(=O)N[C@@H](C)CC(=O)O)ccc1NC(=O)OCC1c2ccccc2-c2ccccc21. The number of rotatable bonds is 7. The van der Waals surface area contributed by atoms with Gasteiger partial charge in [-0.3, -0.25) is 14.9 Å². The summed E-state index contributed by atoms with van der Waals surface area (Å²) in [5, 5.41) is 14.2. The summed E-state index contributed by atoms with van der Waals surface area (Å²) in [6.45, 7) is 3.61. The first kappa shape index (κ1) is 23.0. The zero-order valence-electron chi connectivity index (χ0n) is 19.0. The molecular weight excluding hydrogens is 432 g/mol. The van der Waals surface area contributed by atoms with Crippen LogP contribution in [0, 0.1) is 6.92 Å². The van der Waals surface area contributed by atoms with E-state index in [4.69, 9.17) is 9.84 Å². The molecule has 7 heteroatoms. The van der Waals surface area contributed by atoms with Gasteiger partial charge in [-0.05, 0) is 59.9 Å². The lowest BCUT2D eigenvalue weighted by atomic mass is 9.98. The smallest absolute Gasteiger partial charge is 0.411 e. The maximum atomic E-state index is 12.5. The van der Waals surface area contributed by atoms with Crippen LogP contribution in [0.5, 0.6) is 0 Å². The molecule has 0 spiro atoms. The Labute approximate surface area is 197 Å². The van der Waals surface area contributed by atoms with E-state index < -0.39 is 18.1 Å². The maximum Gasteiger partial charge on any atom is 0.411 e. The van der Waals surface area contributed by atoms with Gasteiger partial charge in [0.2, 0.25) is 0 Å². The van der Waals surface area contributed by atoms with Crippen molar-refractivity contribution in [3.63, 3.8) is 0 Å². The van der Waals surface area contributed by atoms with Crippen molar-refractivity contribution in [3.05, 3.63) is 89.0 Å². The second-order valence-electron chi connectivity index (χ2n) is 8.45. The summed E-state index contributed by atoms with van der Waals surface area (Å²) >= 11 is 0. The summed E-state index contributed by atoms with van der Waals surface area (Å²) in [6, 6.07) is 20.6. The molecule has 3 aromatic rings. The Morgan fingerprint density at radius 2 is 1.59 bits per heavy atom. The van der Waals surface area contributed by atoms with Gasteiger partial charge < -0.3 is 15.2 Å². The number of hydrogen-bond acceptors (Lipinski definition) is 4. The average Bonchev–Trinajstić information content (AvgIpc) is 3.12. The highest BCUT2D eigenvalue weighted by molar-refractivity contribution is 5.96. The van der Waals surface area contributed by atoms with Gasteiger partial charge in [-0.15, -0.1) is 0 Å². The number of anilines is 1. The van der Waals surface area contributed by atoms with Crippen molar-refractivity contribution in [2.75, 3.05) is 11.9 Å². The number of aryl methyl sites for hydroxylation is 1. The minimum atomic E-state index is -0.980. The molecule has 0 unspecified atom stereocenters. The van der Waals surface area contributed by atoms with Crippen LogP contribution in [0.15, 0.2) is 66.7 Å². The number of carboxylic acids is 1. The van der Waals surface area contributed by atoms with E-state index in [1.54, 1.807) is 32.0 Å². The Hall–Kier alpha value is -4.13. The summed E-state index contributed by atoms with van der Waals surface area (Å²) in [7, 11) is 0. The number of benzene rings is 3. The fraction of sp³-hybridized carbons (Fsp3) is 0.222. The third-order valence-electron chi connectivity index (χ3n) is 5.93. The number of hydrogen-bond donors (Lipinski definition) is 3. The number of nitrogens with one attached hydrogen (secondary N) is 2. The second-order valence-corrected chi connectivity index (χ2v) is 8.45. The van der Waals surface area contributed by atoms with Crippen LogP contribution in [0.3, 0.4) is 0 Å². The van der Waals surface area contributed by atoms with E-state index in [0.717, 1.165) is 22.3 Å². The average molecular weight is 459 g/mol. The first-order chi connectivity index (χ1) is 16.3. The first-order valence-electron chi connectivity index (χ1n) is 11.1. The molecule has 3 aromatic carbocycles. The summed E-state index contributed by atoms with van der Waals surface area (Å²) < 4.78 is 5.58. The van der Waals surface area contributed by atoms with Crippen molar-refractivity contribution in [1.82, 2.24) is 5.32 Å². The lowest BCUT2D eigenvalue weighted by molar-refractivity contribution is -0.137. The maximum absolute atomic E-state index is 12.5. The van der Waals surface area contributed by atoms with E-state index in [1.165, 1.54) is 0 Å². The summed E-state index contributed by atoms with van der Waals surface area (Å²) in [5.74, 6) is -1.38. The number of carbonyl (C=O) groups is 3. The van der Waals surface area contributed by atoms with Crippen LogP contribution >= 0.6 is 0 Å².